The van der Waals surface area contributed by atoms with E-state index < -0.39 is 9.84 Å². The molecular weight excluding hydrogens is 358 g/mol. The van der Waals surface area contributed by atoms with Crippen LogP contribution in [0.25, 0.3) is 0 Å². The molecule has 5 heteroatoms. The molecule has 0 N–H and O–H groups in total. The molecule has 27 heavy (non-hydrogen) atoms. The van der Waals surface area contributed by atoms with E-state index >= 15 is 0 Å². The highest BCUT2D eigenvalue weighted by Gasteiger charge is 2.29. The molecule has 2 heterocycles. The number of hydrogen-bond donors (Lipinski definition) is 0. The van der Waals surface area contributed by atoms with E-state index in [9.17, 15) is 8.42 Å². The second kappa shape index (κ2) is 8.03. The van der Waals surface area contributed by atoms with Gasteiger partial charge in [-0.1, -0.05) is 30.3 Å². The Labute approximate surface area is 162 Å². The molecule has 2 aliphatic heterocycles. The Bertz CT molecular complexity index is 835. The third kappa shape index (κ3) is 4.04. The topological polar surface area (TPSA) is 46.6 Å². The fourth-order valence-electron chi connectivity index (χ4n) is 4.22. The van der Waals surface area contributed by atoms with E-state index in [4.69, 9.17) is 4.74 Å². The molecule has 0 bridgehead atoms. The van der Waals surface area contributed by atoms with Crippen LogP contribution in [0.4, 0.5) is 5.69 Å². The van der Waals surface area contributed by atoms with Crippen LogP contribution in [0, 0.1) is 0 Å². The van der Waals surface area contributed by atoms with Crippen LogP contribution in [0.3, 0.4) is 0 Å². The van der Waals surface area contributed by atoms with Crippen LogP contribution in [0.2, 0.25) is 0 Å². The van der Waals surface area contributed by atoms with Crippen LogP contribution in [-0.4, -0.2) is 40.0 Å². The summed E-state index contributed by atoms with van der Waals surface area (Å²) in [4.78, 5) is 2.81. The second-order valence-corrected chi connectivity index (χ2v) is 9.75. The molecule has 0 unspecified atom stereocenters. The first kappa shape index (κ1) is 18.5. The molecule has 144 valence electrons. The third-order valence-electron chi connectivity index (χ3n) is 5.90. The van der Waals surface area contributed by atoms with Gasteiger partial charge in [0.05, 0.1) is 10.1 Å². The van der Waals surface area contributed by atoms with Crippen molar-refractivity contribution in [3.8, 4) is 0 Å². The molecule has 0 aromatic heterocycles. The highest BCUT2D eigenvalue weighted by atomic mass is 32.2. The van der Waals surface area contributed by atoms with Gasteiger partial charge in [0.1, 0.15) is 0 Å². The summed E-state index contributed by atoms with van der Waals surface area (Å²) in [6.07, 6.45) is 3.45. The molecule has 4 nitrogen and oxygen atoms in total. The number of ether oxygens (including phenoxy) is 1. The van der Waals surface area contributed by atoms with Crippen molar-refractivity contribution < 1.29 is 13.2 Å². The number of piperidine rings is 1. The Morgan fingerprint density at radius 2 is 1.44 bits per heavy atom. The van der Waals surface area contributed by atoms with E-state index in [-0.39, 0.29) is 5.25 Å². The Morgan fingerprint density at radius 3 is 2.07 bits per heavy atom. The largest absolute Gasteiger partial charge is 0.381 e. The van der Waals surface area contributed by atoms with Crippen molar-refractivity contribution in [2.45, 2.75) is 41.7 Å². The monoisotopic (exact) mass is 385 g/mol. The van der Waals surface area contributed by atoms with Crippen LogP contribution in [-0.2, 0) is 14.6 Å². The molecule has 2 saturated heterocycles. The van der Waals surface area contributed by atoms with Gasteiger partial charge in [0.15, 0.2) is 9.84 Å². The van der Waals surface area contributed by atoms with E-state index in [0.29, 0.717) is 36.9 Å². The van der Waals surface area contributed by atoms with E-state index in [2.05, 4.69) is 35.2 Å². The van der Waals surface area contributed by atoms with Crippen molar-refractivity contribution in [1.29, 1.82) is 0 Å². The van der Waals surface area contributed by atoms with E-state index in [1.807, 2.05) is 12.1 Å². The van der Waals surface area contributed by atoms with Gasteiger partial charge in [-0.05, 0) is 61.4 Å². The van der Waals surface area contributed by atoms with Gasteiger partial charge >= 0.3 is 0 Å². The van der Waals surface area contributed by atoms with Crippen LogP contribution in [0.15, 0.2) is 59.5 Å². The van der Waals surface area contributed by atoms with Crippen molar-refractivity contribution in [1.82, 2.24) is 0 Å². The van der Waals surface area contributed by atoms with Crippen LogP contribution < -0.4 is 4.90 Å². The average Bonchev–Trinajstić information content (AvgIpc) is 2.75. The van der Waals surface area contributed by atoms with E-state index in [1.54, 1.807) is 12.1 Å². The van der Waals surface area contributed by atoms with E-state index in [1.165, 1.54) is 5.56 Å². The van der Waals surface area contributed by atoms with Gasteiger partial charge in [-0.25, -0.2) is 8.42 Å². The molecule has 0 aliphatic carbocycles. The predicted molar refractivity (Wildman–Crippen MR) is 108 cm³/mol. The highest BCUT2D eigenvalue weighted by Crippen LogP contribution is 2.31. The maximum atomic E-state index is 12.8. The quantitative estimate of drug-likeness (QED) is 0.797. The molecule has 0 spiro atoms. The number of rotatable bonds is 4. The molecule has 0 atom stereocenters. The van der Waals surface area contributed by atoms with Gasteiger partial charge in [0.2, 0.25) is 0 Å². The molecule has 2 aromatic rings. The summed E-state index contributed by atoms with van der Waals surface area (Å²) in [5.74, 6) is 0.621. The number of sulfone groups is 1. The maximum absolute atomic E-state index is 12.8. The van der Waals surface area contributed by atoms with Crippen molar-refractivity contribution in [2.24, 2.45) is 0 Å². The zero-order valence-corrected chi connectivity index (χ0v) is 16.4. The maximum Gasteiger partial charge on any atom is 0.181 e. The minimum Gasteiger partial charge on any atom is -0.381 e. The number of benzene rings is 2. The molecule has 2 aliphatic rings. The van der Waals surface area contributed by atoms with Crippen molar-refractivity contribution in [2.75, 3.05) is 31.2 Å². The number of nitrogens with zero attached hydrogens (tertiary/aromatic N) is 1. The Kier molecular flexibility index (Phi) is 5.50. The van der Waals surface area contributed by atoms with Gasteiger partial charge in [-0.3, -0.25) is 0 Å². The molecule has 2 fully saturated rings. The summed E-state index contributed by atoms with van der Waals surface area (Å²) in [6.45, 7) is 3.09. The lowest BCUT2D eigenvalue weighted by Crippen LogP contribution is -2.33. The standard InChI is InChI=1S/C22H27NO3S/c24-27(25,22-12-16-26-17-13-22)21-8-6-20(7-9-21)23-14-10-19(11-15-23)18-4-2-1-3-5-18/h1-9,19,22H,10-17H2. The lowest BCUT2D eigenvalue weighted by atomic mass is 9.89. The highest BCUT2D eigenvalue weighted by molar-refractivity contribution is 7.92. The normalized spacial score (nSPS) is 19.9. The lowest BCUT2D eigenvalue weighted by molar-refractivity contribution is 0.0983. The van der Waals surface area contributed by atoms with Crippen LogP contribution >= 0.6 is 0 Å². The Hall–Kier alpha value is -1.85. The summed E-state index contributed by atoms with van der Waals surface area (Å²) >= 11 is 0. The minimum absolute atomic E-state index is 0.307. The zero-order valence-electron chi connectivity index (χ0n) is 15.6. The molecule has 0 saturated carbocycles. The molecule has 0 radical (unpaired) electrons. The lowest BCUT2D eigenvalue weighted by Gasteiger charge is -2.34. The zero-order chi connectivity index (χ0) is 18.7. The smallest absolute Gasteiger partial charge is 0.181 e. The Morgan fingerprint density at radius 1 is 0.815 bits per heavy atom. The van der Waals surface area contributed by atoms with Gasteiger partial charge in [0, 0.05) is 32.0 Å². The number of anilines is 1. The summed E-state index contributed by atoms with van der Waals surface area (Å²) < 4.78 is 30.9. The van der Waals surface area contributed by atoms with Crippen LogP contribution in [0.1, 0.15) is 37.2 Å². The fraction of sp³-hybridized carbons (Fsp3) is 0.455. The number of hydrogen-bond acceptors (Lipinski definition) is 4. The van der Waals surface area contributed by atoms with Crippen molar-refractivity contribution in [3.05, 3.63) is 60.2 Å². The first-order chi connectivity index (χ1) is 13.1. The van der Waals surface area contributed by atoms with Crippen LogP contribution in [0.5, 0.6) is 0 Å². The van der Waals surface area contributed by atoms with Gasteiger partial charge < -0.3 is 9.64 Å². The van der Waals surface area contributed by atoms with Gasteiger partial charge in [-0.15, -0.1) is 0 Å². The first-order valence-corrected chi connectivity index (χ1v) is 11.4. The van der Waals surface area contributed by atoms with Crippen molar-refractivity contribution >= 4 is 15.5 Å². The third-order valence-corrected chi connectivity index (χ3v) is 8.18. The summed E-state index contributed by atoms with van der Waals surface area (Å²) in [5, 5.41) is -0.307. The molecule has 4 rings (SSSR count). The summed E-state index contributed by atoms with van der Waals surface area (Å²) in [7, 11) is -3.25. The predicted octanol–water partition coefficient (Wildman–Crippen LogP) is 4.02. The molecular formula is C22H27NO3S. The fourth-order valence-corrected chi connectivity index (χ4v) is 5.93. The first-order valence-electron chi connectivity index (χ1n) is 9.86. The molecule has 2 aromatic carbocycles. The van der Waals surface area contributed by atoms with Gasteiger partial charge in [0.25, 0.3) is 0 Å². The van der Waals surface area contributed by atoms with E-state index in [0.717, 1.165) is 31.6 Å². The Balaban J connectivity index is 1.41. The molecule has 0 amide bonds. The second-order valence-electron chi connectivity index (χ2n) is 7.52. The SMILES string of the molecule is O=S(=O)(c1ccc(N2CCC(c3ccccc3)CC2)cc1)C1CCOCC1. The summed E-state index contributed by atoms with van der Waals surface area (Å²) in [6, 6.07) is 18.2. The average molecular weight is 386 g/mol. The minimum atomic E-state index is -3.25. The summed E-state index contributed by atoms with van der Waals surface area (Å²) in [5.41, 5.74) is 2.54. The van der Waals surface area contributed by atoms with Crippen molar-refractivity contribution in [3.63, 3.8) is 0 Å². The van der Waals surface area contributed by atoms with Gasteiger partial charge in [-0.2, -0.15) is 0 Å².